The zero-order valence-electron chi connectivity index (χ0n) is 6.77. The molecule has 0 heterocycles. The first-order valence-corrected chi connectivity index (χ1v) is 4.32. The molecule has 3 aliphatic carbocycles. The third-order valence-electron chi connectivity index (χ3n) is 3.40. The Bertz CT molecular complexity index is 190. The summed E-state index contributed by atoms with van der Waals surface area (Å²) in [6.07, 6.45) is 0.926. The third-order valence-corrected chi connectivity index (χ3v) is 3.40. The van der Waals surface area contributed by atoms with E-state index in [1.54, 1.807) is 0 Å². The highest BCUT2D eigenvalue weighted by Crippen LogP contribution is 2.48. The van der Waals surface area contributed by atoms with Crippen molar-refractivity contribution in [3.05, 3.63) is 0 Å². The van der Waals surface area contributed by atoms with Crippen LogP contribution in [0.1, 0.15) is 25.7 Å². The Morgan fingerprint density at radius 1 is 1.00 bits per heavy atom. The second kappa shape index (κ2) is 2.20. The molecular formula is C8H14O4. The molecule has 0 aliphatic heterocycles. The normalized spacial score (nSPS) is 51.0. The smallest absolute Gasteiger partial charge is 0.219 e. The van der Waals surface area contributed by atoms with Crippen molar-refractivity contribution in [2.45, 2.75) is 43.2 Å². The molecule has 3 aliphatic rings. The summed E-state index contributed by atoms with van der Waals surface area (Å²) in [5.41, 5.74) is -1.48. The Kier molecular flexibility index (Phi) is 1.55. The molecule has 0 aromatic carbocycles. The minimum atomic E-state index is -2.30. The van der Waals surface area contributed by atoms with Crippen LogP contribution >= 0.6 is 0 Å². The summed E-state index contributed by atoms with van der Waals surface area (Å²) in [6.45, 7) is 0. The number of hydrogen-bond donors (Lipinski definition) is 4. The van der Waals surface area contributed by atoms with Crippen LogP contribution in [0.15, 0.2) is 0 Å². The molecule has 1 unspecified atom stereocenters. The Balaban J connectivity index is 2.34. The lowest BCUT2D eigenvalue weighted by molar-refractivity contribution is -0.360. The van der Waals surface area contributed by atoms with E-state index in [4.69, 9.17) is 0 Å². The molecule has 1 atom stereocenters. The van der Waals surface area contributed by atoms with Gasteiger partial charge >= 0.3 is 0 Å². The van der Waals surface area contributed by atoms with Crippen molar-refractivity contribution in [1.82, 2.24) is 0 Å². The minimum Gasteiger partial charge on any atom is -0.387 e. The first-order chi connectivity index (χ1) is 5.47. The van der Waals surface area contributed by atoms with Gasteiger partial charge in [0.1, 0.15) is 11.7 Å². The molecule has 70 valence electrons. The first-order valence-electron chi connectivity index (χ1n) is 4.32. The van der Waals surface area contributed by atoms with Gasteiger partial charge in [-0.1, -0.05) is 0 Å². The van der Waals surface area contributed by atoms with Gasteiger partial charge in [0.05, 0.1) is 0 Å². The largest absolute Gasteiger partial charge is 0.387 e. The average molecular weight is 174 g/mol. The van der Waals surface area contributed by atoms with Crippen LogP contribution in [0, 0.1) is 5.92 Å². The van der Waals surface area contributed by atoms with E-state index in [-0.39, 0.29) is 5.92 Å². The van der Waals surface area contributed by atoms with Crippen molar-refractivity contribution in [3.63, 3.8) is 0 Å². The van der Waals surface area contributed by atoms with Crippen LogP contribution in [0.3, 0.4) is 0 Å². The zero-order valence-corrected chi connectivity index (χ0v) is 6.77. The van der Waals surface area contributed by atoms with Gasteiger partial charge in [0.15, 0.2) is 0 Å². The summed E-state index contributed by atoms with van der Waals surface area (Å²) in [6, 6.07) is 0. The molecule has 0 radical (unpaired) electrons. The van der Waals surface area contributed by atoms with Crippen molar-refractivity contribution in [2.75, 3.05) is 0 Å². The van der Waals surface area contributed by atoms with Gasteiger partial charge in [-0.3, -0.25) is 0 Å². The predicted octanol–water partition coefficient (Wildman–Crippen LogP) is -1.04. The van der Waals surface area contributed by atoms with E-state index in [1.165, 1.54) is 0 Å². The van der Waals surface area contributed by atoms with Crippen molar-refractivity contribution in [2.24, 2.45) is 5.92 Å². The molecule has 0 amide bonds. The van der Waals surface area contributed by atoms with E-state index in [1.807, 2.05) is 0 Å². The van der Waals surface area contributed by atoms with E-state index in [9.17, 15) is 20.4 Å². The number of fused-ring (bicyclic) bond motifs is 3. The highest BCUT2D eigenvalue weighted by atomic mass is 16.5. The number of aliphatic hydroxyl groups excluding tert-OH is 1. The van der Waals surface area contributed by atoms with Crippen molar-refractivity contribution in [1.29, 1.82) is 0 Å². The standard InChI is InChI=1S/C8H14O4/c9-6-5-1-3-7(10,4-2-5)8(6,11)12/h5-6,9-12H,1-4H2. The first kappa shape index (κ1) is 8.44. The Labute approximate surface area is 70.5 Å². The van der Waals surface area contributed by atoms with Crippen molar-refractivity contribution >= 4 is 0 Å². The molecule has 2 bridgehead atoms. The predicted molar refractivity (Wildman–Crippen MR) is 40.1 cm³/mol. The summed E-state index contributed by atoms with van der Waals surface area (Å²) < 4.78 is 0. The fourth-order valence-electron chi connectivity index (χ4n) is 2.41. The van der Waals surface area contributed by atoms with Gasteiger partial charge in [-0.05, 0) is 31.6 Å². The Hall–Kier alpha value is -0.160. The maximum absolute atomic E-state index is 9.76. The fraction of sp³-hybridized carbons (Fsp3) is 1.00. The van der Waals surface area contributed by atoms with Gasteiger partial charge in [0.25, 0.3) is 0 Å². The Morgan fingerprint density at radius 3 is 1.83 bits per heavy atom. The summed E-state index contributed by atoms with van der Waals surface area (Å²) in [4.78, 5) is 0. The van der Waals surface area contributed by atoms with Gasteiger partial charge in [0, 0.05) is 0 Å². The number of hydrogen-bond acceptors (Lipinski definition) is 4. The maximum Gasteiger partial charge on any atom is 0.219 e. The lowest BCUT2D eigenvalue weighted by Crippen LogP contribution is -2.69. The van der Waals surface area contributed by atoms with Crippen LogP contribution in [0.4, 0.5) is 0 Å². The molecule has 4 heteroatoms. The highest BCUT2D eigenvalue weighted by Gasteiger charge is 2.61. The lowest BCUT2D eigenvalue weighted by atomic mass is 9.62. The molecule has 0 saturated heterocycles. The maximum atomic E-state index is 9.76. The fourth-order valence-corrected chi connectivity index (χ4v) is 2.41. The van der Waals surface area contributed by atoms with Crippen molar-refractivity contribution in [3.8, 4) is 0 Å². The lowest BCUT2D eigenvalue weighted by Gasteiger charge is -2.54. The molecule has 0 spiro atoms. The molecule has 3 fully saturated rings. The second-order valence-electron chi connectivity index (χ2n) is 4.04. The summed E-state index contributed by atoms with van der Waals surface area (Å²) in [7, 11) is 0. The Morgan fingerprint density at radius 2 is 1.50 bits per heavy atom. The zero-order chi connectivity index (χ0) is 8.98. The van der Waals surface area contributed by atoms with Crippen LogP contribution in [0.25, 0.3) is 0 Å². The third kappa shape index (κ3) is 0.808. The molecule has 12 heavy (non-hydrogen) atoms. The van der Waals surface area contributed by atoms with Gasteiger partial charge in [-0.15, -0.1) is 0 Å². The second-order valence-corrected chi connectivity index (χ2v) is 4.04. The molecule has 0 aromatic rings. The molecule has 3 rings (SSSR count). The minimum absolute atomic E-state index is 0.0611. The molecular weight excluding hydrogens is 160 g/mol. The quantitative estimate of drug-likeness (QED) is 0.354. The topological polar surface area (TPSA) is 80.9 Å². The van der Waals surface area contributed by atoms with Crippen LogP contribution in [0.2, 0.25) is 0 Å². The van der Waals surface area contributed by atoms with E-state index in [0.29, 0.717) is 25.7 Å². The summed E-state index contributed by atoms with van der Waals surface area (Å²) >= 11 is 0. The van der Waals surface area contributed by atoms with Gasteiger partial charge in [-0.25, -0.2) is 0 Å². The number of aliphatic hydroxyl groups is 4. The van der Waals surface area contributed by atoms with E-state index in [0.717, 1.165) is 0 Å². The van der Waals surface area contributed by atoms with E-state index < -0.39 is 17.5 Å². The number of rotatable bonds is 0. The monoisotopic (exact) mass is 174 g/mol. The highest BCUT2D eigenvalue weighted by molar-refractivity contribution is 5.07. The summed E-state index contributed by atoms with van der Waals surface area (Å²) in [5.74, 6) is -2.36. The van der Waals surface area contributed by atoms with Crippen LogP contribution < -0.4 is 0 Å². The van der Waals surface area contributed by atoms with E-state index in [2.05, 4.69) is 0 Å². The summed E-state index contributed by atoms with van der Waals surface area (Å²) in [5, 5.41) is 38.1. The van der Waals surface area contributed by atoms with Crippen LogP contribution in [-0.4, -0.2) is 37.9 Å². The van der Waals surface area contributed by atoms with Gasteiger partial charge in [0.2, 0.25) is 5.79 Å². The van der Waals surface area contributed by atoms with Crippen molar-refractivity contribution < 1.29 is 20.4 Å². The molecule has 4 N–H and O–H groups in total. The van der Waals surface area contributed by atoms with Gasteiger partial charge < -0.3 is 20.4 Å². The van der Waals surface area contributed by atoms with E-state index >= 15 is 0 Å². The molecule has 4 nitrogen and oxygen atoms in total. The van der Waals surface area contributed by atoms with Crippen LogP contribution in [-0.2, 0) is 0 Å². The van der Waals surface area contributed by atoms with Crippen LogP contribution in [0.5, 0.6) is 0 Å². The molecule has 0 aromatic heterocycles. The SMILES string of the molecule is OC1C2CCC(O)(CC2)C1(O)O. The van der Waals surface area contributed by atoms with Gasteiger partial charge in [-0.2, -0.15) is 0 Å². The molecule has 3 saturated carbocycles. The average Bonchev–Trinajstić information content (AvgIpc) is 2.02.